The van der Waals surface area contributed by atoms with Crippen molar-refractivity contribution in [3.8, 4) is 11.3 Å². The van der Waals surface area contributed by atoms with Gasteiger partial charge in [0.05, 0.1) is 6.54 Å². The maximum atomic E-state index is 12.9. The van der Waals surface area contributed by atoms with E-state index in [1.165, 1.54) is 12.1 Å². The van der Waals surface area contributed by atoms with Crippen molar-refractivity contribution in [1.29, 1.82) is 0 Å². The lowest BCUT2D eigenvalue weighted by atomic mass is 9.95. The molecule has 0 spiro atoms. The first kappa shape index (κ1) is 15.7. The van der Waals surface area contributed by atoms with Crippen molar-refractivity contribution in [3.63, 3.8) is 0 Å². The van der Waals surface area contributed by atoms with Gasteiger partial charge in [-0.2, -0.15) is 0 Å². The van der Waals surface area contributed by atoms with Gasteiger partial charge < -0.3 is 14.5 Å². The maximum Gasteiger partial charge on any atom is 0.252 e. The molecule has 2 aromatic rings. The standard InChI is InChI=1S/C18H20FNO3/c1-18(10-2-3-11-22-18)17(21)20-12-15-8-9-16(23-15)13-4-6-14(19)7-5-13/h4-9H,2-3,10-12H2,1H3,(H,20,21)/t18-/m1/s1. The molecule has 0 bridgehead atoms. The SMILES string of the molecule is C[C@]1(C(=O)NCc2ccc(-c3ccc(F)cc3)o2)CCCCO1. The zero-order valence-corrected chi connectivity index (χ0v) is 13.1. The number of amides is 1. The van der Waals surface area contributed by atoms with Gasteiger partial charge in [-0.3, -0.25) is 4.79 Å². The molecule has 0 radical (unpaired) electrons. The summed E-state index contributed by atoms with van der Waals surface area (Å²) in [5.74, 6) is 0.900. The van der Waals surface area contributed by atoms with Gasteiger partial charge in [-0.15, -0.1) is 0 Å². The van der Waals surface area contributed by atoms with Gasteiger partial charge in [0, 0.05) is 12.2 Å². The van der Waals surface area contributed by atoms with E-state index < -0.39 is 5.60 Å². The van der Waals surface area contributed by atoms with Crippen molar-refractivity contribution in [2.75, 3.05) is 6.61 Å². The van der Waals surface area contributed by atoms with Crippen LogP contribution in [0.2, 0.25) is 0 Å². The van der Waals surface area contributed by atoms with Crippen molar-refractivity contribution in [1.82, 2.24) is 5.32 Å². The highest BCUT2D eigenvalue weighted by atomic mass is 19.1. The van der Waals surface area contributed by atoms with Crippen molar-refractivity contribution < 1.29 is 18.3 Å². The molecule has 1 aliphatic heterocycles. The lowest BCUT2D eigenvalue weighted by Crippen LogP contribution is -2.48. The van der Waals surface area contributed by atoms with Crippen molar-refractivity contribution in [2.45, 2.75) is 38.3 Å². The summed E-state index contributed by atoms with van der Waals surface area (Å²) in [6, 6.07) is 9.72. The van der Waals surface area contributed by atoms with Crippen LogP contribution in [0.4, 0.5) is 4.39 Å². The van der Waals surface area contributed by atoms with Gasteiger partial charge in [0.25, 0.3) is 5.91 Å². The van der Waals surface area contributed by atoms with Crippen molar-refractivity contribution in [3.05, 3.63) is 48.0 Å². The average Bonchev–Trinajstić information content (AvgIpc) is 3.03. The smallest absolute Gasteiger partial charge is 0.252 e. The van der Waals surface area contributed by atoms with E-state index in [0.29, 0.717) is 24.7 Å². The first-order valence-corrected chi connectivity index (χ1v) is 7.84. The van der Waals surface area contributed by atoms with E-state index >= 15 is 0 Å². The fourth-order valence-corrected chi connectivity index (χ4v) is 2.71. The molecule has 23 heavy (non-hydrogen) atoms. The highest BCUT2D eigenvalue weighted by molar-refractivity contribution is 5.84. The van der Waals surface area contributed by atoms with Crippen LogP contribution >= 0.6 is 0 Å². The Morgan fingerprint density at radius 2 is 2.00 bits per heavy atom. The Balaban J connectivity index is 1.61. The topological polar surface area (TPSA) is 51.5 Å². The van der Waals surface area contributed by atoms with Crippen LogP contribution in [-0.4, -0.2) is 18.1 Å². The first-order valence-electron chi connectivity index (χ1n) is 7.84. The predicted octanol–water partition coefficient (Wildman–Crippen LogP) is 3.66. The molecule has 2 heterocycles. The van der Waals surface area contributed by atoms with Crippen LogP contribution in [-0.2, 0) is 16.1 Å². The van der Waals surface area contributed by atoms with E-state index in [0.717, 1.165) is 24.8 Å². The minimum Gasteiger partial charge on any atom is -0.459 e. The second-order valence-electron chi connectivity index (χ2n) is 5.99. The number of benzene rings is 1. The molecule has 0 aliphatic carbocycles. The Morgan fingerprint density at radius 1 is 1.22 bits per heavy atom. The van der Waals surface area contributed by atoms with Crippen LogP contribution in [0.25, 0.3) is 11.3 Å². The summed E-state index contributed by atoms with van der Waals surface area (Å²) in [6.45, 7) is 2.76. The molecule has 1 aromatic carbocycles. The summed E-state index contributed by atoms with van der Waals surface area (Å²) in [7, 11) is 0. The summed E-state index contributed by atoms with van der Waals surface area (Å²) in [6.07, 6.45) is 2.74. The first-order chi connectivity index (χ1) is 11.1. The Kier molecular flexibility index (Phi) is 4.48. The monoisotopic (exact) mass is 317 g/mol. The molecule has 1 amide bonds. The van der Waals surface area contributed by atoms with Crippen LogP contribution in [0, 0.1) is 5.82 Å². The van der Waals surface area contributed by atoms with Crippen LogP contribution < -0.4 is 5.32 Å². The Labute approximate surface area is 134 Å². The van der Waals surface area contributed by atoms with Crippen molar-refractivity contribution >= 4 is 5.91 Å². The zero-order chi connectivity index (χ0) is 16.3. The predicted molar refractivity (Wildman–Crippen MR) is 84.2 cm³/mol. The minimum atomic E-state index is -0.745. The van der Waals surface area contributed by atoms with Gasteiger partial charge in [-0.25, -0.2) is 4.39 Å². The molecule has 1 atom stereocenters. The molecule has 0 saturated carbocycles. The van der Waals surface area contributed by atoms with Crippen LogP contribution in [0.5, 0.6) is 0 Å². The maximum absolute atomic E-state index is 12.9. The number of furan rings is 1. The van der Waals surface area contributed by atoms with E-state index in [1.807, 2.05) is 19.1 Å². The van der Waals surface area contributed by atoms with Gasteiger partial charge in [-0.1, -0.05) is 0 Å². The molecule has 1 fully saturated rings. The van der Waals surface area contributed by atoms with Gasteiger partial charge in [0.15, 0.2) is 0 Å². The van der Waals surface area contributed by atoms with Crippen LogP contribution in [0.15, 0.2) is 40.8 Å². The zero-order valence-electron chi connectivity index (χ0n) is 13.1. The Morgan fingerprint density at radius 3 is 2.70 bits per heavy atom. The van der Waals surface area contributed by atoms with Gasteiger partial charge >= 0.3 is 0 Å². The third-order valence-electron chi connectivity index (χ3n) is 4.16. The third-order valence-corrected chi connectivity index (χ3v) is 4.16. The number of halogens is 1. The van der Waals surface area contributed by atoms with Gasteiger partial charge in [-0.05, 0) is 62.6 Å². The molecule has 122 valence electrons. The summed E-state index contributed by atoms with van der Waals surface area (Å²) >= 11 is 0. The number of carbonyl (C=O) groups excluding carboxylic acids is 1. The molecule has 3 rings (SSSR count). The Hall–Kier alpha value is -2.14. The lowest BCUT2D eigenvalue weighted by Gasteiger charge is -2.32. The van der Waals surface area contributed by atoms with Crippen LogP contribution in [0.3, 0.4) is 0 Å². The molecule has 1 saturated heterocycles. The molecule has 0 unspecified atom stereocenters. The Bertz CT molecular complexity index is 672. The normalized spacial score (nSPS) is 21.1. The van der Waals surface area contributed by atoms with E-state index in [-0.39, 0.29) is 11.7 Å². The fraction of sp³-hybridized carbons (Fsp3) is 0.389. The molecule has 1 aromatic heterocycles. The fourth-order valence-electron chi connectivity index (χ4n) is 2.71. The van der Waals surface area contributed by atoms with Gasteiger partial charge in [0.2, 0.25) is 0 Å². The van der Waals surface area contributed by atoms with Crippen LogP contribution in [0.1, 0.15) is 31.9 Å². The lowest BCUT2D eigenvalue weighted by molar-refractivity contribution is -0.150. The minimum absolute atomic E-state index is 0.114. The highest BCUT2D eigenvalue weighted by Crippen LogP contribution is 2.25. The summed E-state index contributed by atoms with van der Waals surface area (Å²) < 4.78 is 24.3. The molecular formula is C18H20FNO3. The molecule has 5 heteroatoms. The van der Waals surface area contributed by atoms with Gasteiger partial charge in [0.1, 0.15) is 22.9 Å². The molecular weight excluding hydrogens is 297 g/mol. The number of hydrogen-bond acceptors (Lipinski definition) is 3. The second-order valence-corrected chi connectivity index (χ2v) is 5.99. The summed E-state index contributed by atoms with van der Waals surface area (Å²) in [5.41, 5.74) is 0.0523. The molecule has 1 aliphatic rings. The van der Waals surface area contributed by atoms with E-state index in [1.54, 1.807) is 12.1 Å². The number of hydrogen-bond donors (Lipinski definition) is 1. The van der Waals surface area contributed by atoms with Crippen molar-refractivity contribution in [2.24, 2.45) is 0 Å². The second kappa shape index (κ2) is 6.54. The quantitative estimate of drug-likeness (QED) is 0.936. The average molecular weight is 317 g/mol. The third kappa shape index (κ3) is 3.62. The number of ether oxygens (including phenoxy) is 1. The highest BCUT2D eigenvalue weighted by Gasteiger charge is 2.35. The summed E-state index contributed by atoms with van der Waals surface area (Å²) in [5, 5.41) is 2.87. The van der Waals surface area contributed by atoms with E-state index in [9.17, 15) is 9.18 Å². The number of nitrogens with one attached hydrogen (secondary N) is 1. The number of carbonyl (C=O) groups is 1. The summed E-state index contributed by atoms with van der Waals surface area (Å²) in [4.78, 5) is 12.3. The molecule has 4 nitrogen and oxygen atoms in total. The molecule has 1 N–H and O–H groups in total. The number of rotatable bonds is 4. The van der Waals surface area contributed by atoms with E-state index in [2.05, 4.69) is 5.32 Å². The largest absolute Gasteiger partial charge is 0.459 e. The van der Waals surface area contributed by atoms with E-state index in [4.69, 9.17) is 9.15 Å².